The van der Waals surface area contributed by atoms with Crippen molar-refractivity contribution in [1.29, 1.82) is 0 Å². The summed E-state index contributed by atoms with van der Waals surface area (Å²) in [4.78, 5) is 11.6. The summed E-state index contributed by atoms with van der Waals surface area (Å²) >= 11 is 0. The van der Waals surface area contributed by atoms with Crippen LogP contribution in [0.2, 0.25) is 0 Å². The SMILES string of the molecule is COc1cc(OC)cc(N(c2ccc3ncc(-c4cnn(C)c4)nc3c2)C(C)CN)c1. The molecule has 2 aromatic carbocycles. The first-order chi connectivity index (χ1) is 15.0. The van der Waals surface area contributed by atoms with Crippen molar-refractivity contribution in [3.8, 4) is 22.8 Å². The fraction of sp³-hybridized carbons (Fsp3) is 0.261. The van der Waals surface area contributed by atoms with Crippen molar-refractivity contribution in [2.75, 3.05) is 25.7 Å². The molecule has 1 atom stereocenters. The van der Waals surface area contributed by atoms with Crippen LogP contribution in [0.15, 0.2) is 55.0 Å². The second-order valence-electron chi connectivity index (χ2n) is 7.36. The highest BCUT2D eigenvalue weighted by Gasteiger charge is 2.19. The highest BCUT2D eigenvalue weighted by atomic mass is 16.5. The molecule has 2 N–H and O–H groups in total. The Balaban J connectivity index is 1.82. The van der Waals surface area contributed by atoms with E-state index in [9.17, 15) is 0 Å². The molecule has 0 saturated heterocycles. The molecule has 4 aromatic rings. The van der Waals surface area contributed by atoms with Gasteiger partial charge in [-0.05, 0) is 25.1 Å². The lowest BCUT2D eigenvalue weighted by Crippen LogP contribution is -2.34. The van der Waals surface area contributed by atoms with Crippen LogP contribution in [0.3, 0.4) is 0 Å². The number of nitrogens with two attached hydrogens (primary N) is 1. The number of rotatable bonds is 7. The minimum Gasteiger partial charge on any atom is -0.497 e. The summed E-state index contributed by atoms with van der Waals surface area (Å²) in [6.07, 6.45) is 5.47. The number of methoxy groups -OCH3 is 2. The van der Waals surface area contributed by atoms with Gasteiger partial charge in [-0.3, -0.25) is 9.67 Å². The molecule has 160 valence electrons. The molecule has 0 saturated carbocycles. The number of benzene rings is 2. The molecule has 0 amide bonds. The molecule has 0 aliphatic heterocycles. The maximum Gasteiger partial charge on any atom is 0.124 e. The van der Waals surface area contributed by atoms with E-state index in [0.29, 0.717) is 18.0 Å². The number of fused-ring (bicyclic) bond motifs is 1. The van der Waals surface area contributed by atoms with Crippen molar-refractivity contribution in [3.05, 3.63) is 55.0 Å². The van der Waals surface area contributed by atoms with Crippen LogP contribution in [-0.4, -0.2) is 46.6 Å². The van der Waals surface area contributed by atoms with Gasteiger partial charge in [-0.25, -0.2) is 4.98 Å². The first kappa shape index (κ1) is 20.6. The van der Waals surface area contributed by atoms with E-state index in [4.69, 9.17) is 20.2 Å². The zero-order valence-electron chi connectivity index (χ0n) is 18.1. The monoisotopic (exact) mass is 418 g/mol. The van der Waals surface area contributed by atoms with Crippen molar-refractivity contribution in [1.82, 2.24) is 19.7 Å². The summed E-state index contributed by atoms with van der Waals surface area (Å²) in [7, 11) is 5.16. The van der Waals surface area contributed by atoms with Crippen LogP contribution >= 0.6 is 0 Å². The van der Waals surface area contributed by atoms with Crippen LogP contribution in [-0.2, 0) is 7.05 Å². The third kappa shape index (κ3) is 4.15. The summed E-state index contributed by atoms with van der Waals surface area (Å²) in [5.74, 6) is 1.42. The van der Waals surface area contributed by atoms with Crippen LogP contribution in [0.5, 0.6) is 11.5 Å². The van der Waals surface area contributed by atoms with E-state index in [0.717, 1.165) is 33.7 Å². The van der Waals surface area contributed by atoms with Gasteiger partial charge in [0.2, 0.25) is 0 Å². The van der Waals surface area contributed by atoms with Gasteiger partial charge in [0.1, 0.15) is 11.5 Å². The Morgan fingerprint density at radius 2 is 1.74 bits per heavy atom. The second kappa shape index (κ2) is 8.61. The Kier molecular flexibility index (Phi) is 5.73. The summed E-state index contributed by atoms with van der Waals surface area (Å²) in [6.45, 7) is 2.55. The van der Waals surface area contributed by atoms with Gasteiger partial charge in [-0.2, -0.15) is 5.10 Å². The Hall–Kier alpha value is -3.65. The predicted molar refractivity (Wildman–Crippen MR) is 122 cm³/mol. The van der Waals surface area contributed by atoms with Gasteiger partial charge >= 0.3 is 0 Å². The van der Waals surface area contributed by atoms with E-state index in [1.54, 1.807) is 31.3 Å². The van der Waals surface area contributed by atoms with E-state index in [1.165, 1.54) is 0 Å². The maximum absolute atomic E-state index is 6.06. The molecule has 4 rings (SSSR count). The number of aryl methyl sites for hydroxylation is 1. The fourth-order valence-electron chi connectivity index (χ4n) is 3.54. The standard InChI is InChI=1S/C23H26N6O2/c1-15(11-24)29(18-7-19(30-3)10-20(8-18)31-4)17-5-6-21-22(9-17)27-23(13-25-21)16-12-26-28(2)14-16/h5-10,12-15H,11,24H2,1-4H3. The minimum atomic E-state index is 0.0312. The number of hydrogen-bond donors (Lipinski definition) is 1. The molecule has 0 fully saturated rings. The molecule has 2 heterocycles. The van der Waals surface area contributed by atoms with Crippen LogP contribution in [0, 0.1) is 0 Å². The summed E-state index contributed by atoms with van der Waals surface area (Å²) in [5, 5.41) is 4.23. The van der Waals surface area contributed by atoms with Gasteiger partial charge in [0.25, 0.3) is 0 Å². The van der Waals surface area contributed by atoms with Gasteiger partial charge in [0.15, 0.2) is 0 Å². The number of anilines is 2. The Morgan fingerprint density at radius 3 is 2.35 bits per heavy atom. The highest BCUT2D eigenvalue weighted by molar-refractivity contribution is 5.83. The molecular formula is C23H26N6O2. The Morgan fingerprint density at radius 1 is 1.00 bits per heavy atom. The highest BCUT2D eigenvalue weighted by Crippen LogP contribution is 2.35. The third-order valence-electron chi connectivity index (χ3n) is 5.20. The lowest BCUT2D eigenvalue weighted by molar-refractivity contribution is 0.394. The van der Waals surface area contributed by atoms with Gasteiger partial charge in [0.05, 0.1) is 43.3 Å². The van der Waals surface area contributed by atoms with Crippen molar-refractivity contribution in [2.45, 2.75) is 13.0 Å². The van der Waals surface area contributed by atoms with E-state index in [-0.39, 0.29) is 6.04 Å². The largest absolute Gasteiger partial charge is 0.497 e. The number of hydrogen-bond acceptors (Lipinski definition) is 7. The van der Waals surface area contributed by atoms with E-state index >= 15 is 0 Å². The number of aromatic nitrogens is 4. The van der Waals surface area contributed by atoms with Gasteiger partial charge in [-0.1, -0.05) is 0 Å². The van der Waals surface area contributed by atoms with Crippen molar-refractivity contribution < 1.29 is 9.47 Å². The Labute approximate surface area is 181 Å². The molecule has 0 radical (unpaired) electrons. The van der Waals surface area contributed by atoms with Gasteiger partial charge < -0.3 is 20.1 Å². The first-order valence-electron chi connectivity index (χ1n) is 10.0. The quantitative estimate of drug-likeness (QED) is 0.491. The molecule has 0 spiro atoms. The maximum atomic E-state index is 6.06. The molecule has 8 heteroatoms. The average Bonchev–Trinajstić information content (AvgIpc) is 3.24. The molecule has 0 bridgehead atoms. The average molecular weight is 419 g/mol. The zero-order chi connectivity index (χ0) is 22.0. The second-order valence-corrected chi connectivity index (χ2v) is 7.36. The normalized spacial score (nSPS) is 12.0. The molecular weight excluding hydrogens is 392 g/mol. The summed E-state index contributed by atoms with van der Waals surface area (Å²) < 4.78 is 12.7. The smallest absolute Gasteiger partial charge is 0.124 e. The first-order valence-corrected chi connectivity index (χ1v) is 10.0. The lowest BCUT2D eigenvalue weighted by atomic mass is 10.1. The van der Waals surface area contributed by atoms with Crippen LogP contribution in [0.4, 0.5) is 11.4 Å². The summed E-state index contributed by atoms with van der Waals surface area (Å²) in [5.41, 5.74) is 11.3. The third-order valence-corrected chi connectivity index (χ3v) is 5.20. The van der Waals surface area contributed by atoms with Crippen LogP contribution in [0.1, 0.15) is 6.92 Å². The van der Waals surface area contributed by atoms with E-state index in [1.807, 2.05) is 49.6 Å². The molecule has 1 unspecified atom stereocenters. The van der Waals surface area contributed by atoms with Crippen molar-refractivity contribution in [3.63, 3.8) is 0 Å². The Bertz CT molecular complexity index is 1180. The van der Waals surface area contributed by atoms with Crippen molar-refractivity contribution in [2.24, 2.45) is 12.8 Å². The van der Waals surface area contributed by atoms with Crippen LogP contribution in [0.25, 0.3) is 22.3 Å². The predicted octanol–water partition coefficient (Wildman–Crippen LogP) is 3.53. The zero-order valence-corrected chi connectivity index (χ0v) is 18.1. The van der Waals surface area contributed by atoms with Gasteiger partial charge in [-0.15, -0.1) is 0 Å². The topological polar surface area (TPSA) is 91.3 Å². The van der Waals surface area contributed by atoms with Crippen LogP contribution < -0.4 is 20.1 Å². The van der Waals surface area contributed by atoms with Gasteiger partial charge in [0, 0.05) is 61.0 Å². The summed E-state index contributed by atoms with van der Waals surface area (Å²) in [6, 6.07) is 11.8. The molecule has 0 aliphatic carbocycles. The van der Waals surface area contributed by atoms with E-state index < -0.39 is 0 Å². The minimum absolute atomic E-state index is 0.0312. The lowest BCUT2D eigenvalue weighted by Gasteiger charge is -2.31. The molecule has 8 nitrogen and oxygen atoms in total. The fourth-order valence-corrected chi connectivity index (χ4v) is 3.54. The van der Waals surface area contributed by atoms with E-state index in [2.05, 4.69) is 21.9 Å². The van der Waals surface area contributed by atoms with Crippen molar-refractivity contribution >= 4 is 22.4 Å². The molecule has 31 heavy (non-hydrogen) atoms. The number of ether oxygens (including phenoxy) is 2. The molecule has 2 aromatic heterocycles. The number of nitrogens with zero attached hydrogens (tertiary/aromatic N) is 5. The molecule has 0 aliphatic rings.